The lowest BCUT2D eigenvalue weighted by molar-refractivity contribution is -0.457. The Morgan fingerprint density at radius 3 is 2.42 bits per heavy atom. The van der Waals surface area contributed by atoms with Crippen LogP contribution in [-0.2, 0) is 11.2 Å². The van der Waals surface area contributed by atoms with Crippen molar-refractivity contribution >= 4 is 11.5 Å². The molecule has 0 heterocycles. The van der Waals surface area contributed by atoms with Gasteiger partial charge in [-0.05, 0) is 44.0 Å². The summed E-state index contributed by atoms with van der Waals surface area (Å²) < 4.78 is 11.4. The van der Waals surface area contributed by atoms with E-state index in [1.165, 1.54) is 12.5 Å². The maximum Gasteiger partial charge on any atom is 0.189 e. The molecule has 0 saturated carbocycles. The molecule has 0 radical (unpaired) electrons. The van der Waals surface area contributed by atoms with Gasteiger partial charge in [-0.1, -0.05) is 36.4 Å². The van der Waals surface area contributed by atoms with Gasteiger partial charge in [0, 0.05) is 25.2 Å². The van der Waals surface area contributed by atoms with Crippen LogP contribution in [-0.4, -0.2) is 36.4 Å². The fourth-order valence-corrected chi connectivity index (χ4v) is 4.08. The molecular formula is C26H32NO4+. The van der Waals surface area contributed by atoms with Crippen molar-refractivity contribution in [1.29, 1.82) is 0 Å². The molecule has 1 aliphatic carbocycles. The van der Waals surface area contributed by atoms with Crippen molar-refractivity contribution in [3.05, 3.63) is 71.0 Å². The predicted octanol–water partition coefficient (Wildman–Crippen LogP) is 3.53. The van der Waals surface area contributed by atoms with Crippen LogP contribution in [0, 0.1) is 0 Å². The lowest BCUT2D eigenvalue weighted by Crippen LogP contribution is -2.74. The molecule has 1 aliphatic rings. The lowest BCUT2D eigenvalue weighted by Gasteiger charge is -2.22. The molecule has 0 saturated heterocycles. The number of hydrogen-bond acceptors (Lipinski definition) is 4. The Labute approximate surface area is 184 Å². The summed E-state index contributed by atoms with van der Waals surface area (Å²) in [5.74, 6) is 1.72. The number of carbonyl (C=O) groups is 1. The first kappa shape index (κ1) is 22.6. The molecule has 0 bridgehead atoms. The number of nitrogens with one attached hydrogen (secondary N) is 1. The number of rotatable bonds is 9. The van der Waals surface area contributed by atoms with E-state index in [-0.39, 0.29) is 17.5 Å². The molecule has 164 valence electrons. The van der Waals surface area contributed by atoms with Crippen molar-refractivity contribution in [1.82, 2.24) is 0 Å². The highest BCUT2D eigenvalue weighted by atomic mass is 16.5. The van der Waals surface area contributed by atoms with Crippen LogP contribution < -0.4 is 14.5 Å². The molecular weight excluding hydrogens is 390 g/mol. The molecule has 3 rings (SSSR count). The largest absolute Gasteiger partial charge is 0.511 e. The Morgan fingerprint density at radius 2 is 1.74 bits per heavy atom. The highest BCUT2D eigenvalue weighted by Crippen LogP contribution is 2.33. The first-order valence-electron chi connectivity index (χ1n) is 11.0. The summed E-state index contributed by atoms with van der Waals surface area (Å²) in [4.78, 5) is 15.6. The predicted molar refractivity (Wildman–Crippen MR) is 122 cm³/mol. The van der Waals surface area contributed by atoms with E-state index in [1.54, 1.807) is 0 Å². The highest BCUT2D eigenvalue weighted by molar-refractivity contribution is 6.20. The highest BCUT2D eigenvalue weighted by Gasteiger charge is 2.32. The molecule has 2 N–H and O–H groups in total. The fraction of sp³-hybridized carbons (Fsp3) is 0.385. The maximum absolute atomic E-state index is 12.2. The Morgan fingerprint density at radius 1 is 1.03 bits per heavy atom. The van der Waals surface area contributed by atoms with E-state index < -0.39 is 0 Å². The summed E-state index contributed by atoms with van der Waals surface area (Å²) in [5.41, 5.74) is 3.55. The smallest absolute Gasteiger partial charge is 0.189 e. The zero-order valence-electron chi connectivity index (χ0n) is 18.6. The van der Waals surface area contributed by atoms with E-state index >= 15 is 0 Å². The zero-order valence-corrected chi connectivity index (χ0v) is 18.6. The van der Waals surface area contributed by atoms with Gasteiger partial charge >= 0.3 is 0 Å². The van der Waals surface area contributed by atoms with Crippen molar-refractivity contribution in [2.45, 2.75) is 46.0 Å². The summed E-state index contributed by atoms with van der Waals surface area (Å²) in [6.45, 7) is 7.23. The van der Waals surface area contributed by atoms with Gasteiger partial charge in [-0.15, -0.1) is 0 Å². The third-order valence-electron chi connectivity index (χ3n) is 5.46. The SMILES string of the molecule is CCOc1ccc(CC[NH+]=C2C[C@@H](c3ccccc3)CC(O)=C2C(C)=O)cc1OCC. The Bertz CT molecular complexity index is 963. The van der Waals surface area contributed by atoms with E-state index in [9.17, 15) is 9.90 Å². The third kappa shape index (κ3) is 5.75. The van der Waals surface area contributed by atoms with E-state index in [4.69, 9.17) is 9.47 Å². The zero-order chi connectivity index (χ0) is 22.2. The van der Waals surface area contributed by atoms with E-state index in [1.807, 2.05) is 50.2 Å². The minimum Gasteiger partial charge on any atom is -0.511 e. The second-order valence-electron chi connectivity index (χ2n) is 7.70. The van der Waals surface area contributed by atoms with Gasteiger partial charge in [-0.25, -0.2) is 4.99 Å². The van der Waals surface area contributed by atoms with Crippen LogP contribution in [0.25, 0.3) is 0 Å². The van der Waals surface area contributed by atoms with Crippen LogP contribution in [0.4, 0.5) is 0 Å². The number of benzene rings is 2. The van der Waals surface area contributed by atoms with Crippen LogP contribution in [0.5, 0.6) is 11.5 Å². The standard InChI is InChI=1S/C26H31NO4/c1-4-30-24-12-11-19(15-25(24)31-5-2)13-14-27-22-16-21(20-9-7-6-8-10-20)17-23(29)26(22)18(3)28/h6-12,15,21,29H,4-5,13-14,16-17H2,1-3H3/p+1/t21-/m1/s1. The second-order valence-corrected chi connectivity index (χ2v) is 7.70. The van der Waals surface area contributed by atoms with Gasteiger partial charge in [0.05, 0.1) is 13.2 Å². The average molecular weight is 423 g/mol. The number of ether oxygens (including phenoxy) is 2. The van der Waals surface area contributed by atoms with Gasteiger partial charge in [0.1, 0.15) is 17.9 Å². The first-order valence-corrected chi connectivity index (χ1v) is 11.0. The van der Waals surface area contributed by atoms with Gasteiger partial charge in [-0.2, -0.15) is 0 Å². The number of aliphatic hydroxyl groups is 1. The Hall–Kier alpha value is -3.08. The van der Waals surface area contributed by atoms with Gasteiger partial charge in [0.2, 0.25) is 0 Å². The van der Waals surface area contributed by atoms with Crippen LogP contribution in [0.15, 0.2) is 59.9 Å². The van der Waals surface area contributed by atoms with Crippen LogP contribution >= 0.6 is 0 Å². The molecule has 2 aromatic carbocycles. The molecule has 0 fully saturated rings. The second kappa shape index (κ2) is 10.8. The van der Waals surface area contributed by atoms with E-state index in [0.717, 1.165) is 29.2 Å². The monoisotopic (exact) mass is 422 g/mol. The van der Waals surface area contributed by atoms with Gasteiger partial charge in [-0.3, -0.25) is 4.79 Å². The number of allylic oxidation sites excluding steroid dienone is 2. The van der Waals surface area contributed by atoms with Crippen molar-refractivity contribution < 1.29 is 24.4 Å². The molecule has 0 aliphatic heterocycles. The van der Waals surface area contributed by atoms with Crippen molar-refractivity contribution in [3.8, 4) is 11.5 Å². The van der Waals surface area contributed by atoms with Gasteiger partial charge < -0.3 is 14.6 Å². The molecule has 0 amide bonds. The van der Waals surface area contributed by atoms with Crippen LogP contribution in [0.3, 0.4) is 0 Å². The normalized spacial score (nSPS) is 17.6. The number of ketones is 1. The molecule has 2 aromatic rings. The molecule has 31 heavy (non-hydrogen) atoms. The number of hydrogen-bond donors (Lipinski definition) is 2. The van der Waals surface area contributed by atoms with Crippen molar-refractivity contribution in [3.63, 3.8) is 0 Å². The van der Waals surface area contributed by atoms with Crippen LogP contribution in [0.2, 0.25) is 0 Å². The molecule has 0 aromatic heterocycles. The summed E-state index contributed by atoms with van der Waals surface area (Å²) in [7, 11) is 0. The third-order valence-corrected chi connectivity index (χ3v) is 5.46. The van der Waals surface area contributed by atoms with Crippen molar-refractivity contribution in [2.24, 2.45) is 0 Å². The molecule has 5 nitrogen and oxygen atoms in total. The average Bonchev–Trinajstić information content (AvgIpc) is 2.76. The maximum atomic E-state index is 12.2. The summed E-state index contributed by atoms with van der Waals surface area (Å²) in [5, 5.41) is 10.6. The molecule has 0 spiro atoms. The number of aliphatic hydroxyl groups excluding tert-OH is 1. The Balaban J connectivity index is 1.78. The fourth-order valence-electron chi connectivity index (χ4n) is 4.08. The number of Topliss-reactive ketones (excluding diaryl/α,β-unsaturated/α-hetero) is 1. The first-order chi connectivity index (χ1) is 15.0. The van der Waals surface area contributed by atoms with Crippen LogP contribution in [0.1, 0.15) is 50.7 Å². The minimum atomic E-state index is -0.105. The Kier molecular flexibility index (Phi) is 7.88. The minimum absolute atomic E-state index is 0.105. The topological polar surface area (TPSA) is 69.7 Å². The molecule has 1 atom stereocenters. The van der Waals surface area contributed by atoms with E-state index in [2.05, 4.69) is 17.1 Å². The number of carbonyl (C=O) groups excluding carboxylic acids is 1. The van der Waals surface area contributed by atoms with E-state index in [0.29, 0.717) is 38.2 Å². The summed E-state index contributed by atoms with van der Waals surface area (Å²) in [6, 6.07) is 16.1. The van der Waals surface area contributed by atoms with Gasteiger partial charge in [0.15, 0.2) is 23.0 Å². The summed E-state index contributed by atoms with van der Waals surface area (Å²) in [6.07, 6.45) is 1.95. The molecule has 5 heteroatoms. The summed E-state index contributed by atoms with van der Waals surface area (Å²) >= 11 is 0. The molecule has 0 unspecified atom stereocenters. The lowest BCUT2D eigenvalue weighted by atomic mass is 9.81. The van der Waals surface area contributed by atoms with Gasteiger partial charge in [0.25, 0.3) is 0 Å². The van der Waals surface area contributed by atoms with Crippen molar-refractivity contribution in [2.75, 3.05) is 19.8 Å². The quantitative estimate of drug-likeness (QED) is 0.649.